The summed E-state index contributed by atoms with van der Waals surface area (Å²) in [6.45, 7) is 8.80. The number of hydrogen-bond donors (Lipinski definition) is 1. The molecule has 110 valence electrons. The highest BCUT2D eigenvalue weighted by molar-refractivity contribution is 6.32. The summed E-state index contributed by atoms with van der Waals surface area (Å²) in [5, 5.41) is 3.14. The Morgan fingerprint density at radius 2 is 1.90 bits per heavy atom. The second-order valence-corrected chi connectivity index (χ2v) is 6.11. The van der Waals surface area contributed by atoms with E-state index in [1.807, 2.05) is 20.8 Å². The Morgan fingerprint density at radius 1 is 1.30 bits per heavy atom. The van der Waals surface area contributed by atoms with E-state index in [0.29, 0.717) is 16.3 Å². The van der Waals surface area contributed by atoms with E-state index in [-0.39, 0.29) is 17.2 Å². The molecular formula is C15H20ClNO3. The van der Waals surface area contributed by atoms with Crippen molar-refractivity contribution >= 4 is 23.3 Å². The third kappa shape index (κ3) is 4.85. The maximum Gasteiger partial charge on any atom is 0.261 e. The van der Waals surface area contributed by atoms with Gasteiger partial charge >= 0.3 is 0 Å². The highest BCUT2D eigenvalue weighted by atomic mass is 35.5. The first-order valence-electron chi connectivity index (χ1n) is 6.39. The lowest BCUT2D eigenvalue weighted by Gasteiger charge is -2.23. The monoisotopic (exact) mass is 297 g/mol. The normalized spacial score (nSPS) is 12.7. The SMILES string of the molecule is CC(=O)c1ccc(OC(C)C(=O)NC(C)(C)C)c(Cl)c1. The summed E-state index contributed by atoms with van der Waals surface area (Å²) in [6.07, 6.45) is -0.671. The van der Waals surface area contributed by atoms with Gasteiger partial charge in [-0.2, -0.15) is 0 Å². The van der Waals surface area contributed by atoms with E-state index < -0.39 is 6.10 Å². The van der Waals surface area contributed by atoms with Gasteiger partial charge in [0.05, 0.1) is 5.02 Å². The molecule has 0 aliphatic rings. The van der Waals surface area contributed by atoms with Gasteiger partial charge in [-0.25, -0.2) is 0 Å². The Labute approximate surface area is 124 Å². The van der Waals surface area contributed by atoms with Gasteiger partial charge in [0.25, 0.3) is 5.91 Å². The molecule has 0 fully saturated rings. The van der Waals surface area contributed by atoms with Crippen molar-refractivity contribution in [2.45, 2.75) is 46.3 Å². The van der Waals surface area contributed by atoms with Gasteiger partial charge < -0.3 is 10.1 Å². The quantitative estimate of drug-likeness (QED) is 0.868. The molecule has 0 aromatic heterocycles. The molecule has 0 spiro atoms. The number of carbonyl (C=O) groups excluding carboxylic acids is 2. The average molecular weight is 298 g/mol. The fourth-order valence-electron chi connectivity index (χ4n) is 1.53. The maximum absolute atomic E-state index is 11.9. The van der Waals surface area contributed by atoms with Crippen molar-refractivity contribution in [3.63, 3.8) is 0 Å². The van der Waals surface area contributed by atoms with Crippen LogP contribution in [0.15, 0.2) is 18.2 Å². The van der Waals surface area contributed by atoms with E-state index in [2.05, 4.69) is 5.32 Å². The predicted molar refractivity (Wildman–Crippen MR) is 79.4 cm³/mol. The molecule has 1 unspecified atom stereocenters. The molecule has 0 radical (unpaired) electrons. The minimum absolute atomic E-state index is 0.0722. The van der Waals surface area contributed by atoms with Crippen LogP contribution in [0.3, 0.4) is 0 Å². The Morgan fingerprint density at radius 3 is 2.35 bits per heavy atom. The van der Waals surface area contributed by atoms with E-state index in [4.69, 9.17) is 16.3 Å². The fourth-order valence-corrected chi connectivity index (χ4v) is 1.76. The van der Waals surface area contributed by atoms with E-state index in [9.17, 15) is 9.59 Å². The van der Waals surface area contributed by atoms with Gasteiger partial charge in [-0.3, -0.25) is 9.59 Å². The Kier molecular flexibility index (Phi) is 5.17. The number of carbonyl (C=O) groups is 2. The van der Waals surface area contributed by atoms with Gasteiger partial charge in [0.15, 0.2) is 11.9 Å². The van der Waals surface area contributed by atoms with Gasteiger partial charge in [0, 0.05) is 11.1 Å². The van der Waals surface area contributed by atoms with Crippen LogP contribution in [0.1, 0.15) is 45.0 Å². The van der Waals surface area contributed by atoms with E-state index in [1.54, 1.807) is 19.1 Å². The van der Waals surface area contributed by atoms with Crippen LogP contribution in [0.2, 0.25) is 5.02 Å². The number of ketones is 1. The van der Waals surface area contributed by atoms with Crippen molar-refractivity contribution in [3.8, 4) is 5.75 Å². The lowest BCUT2D eigenvalue weighted by molar-refractivity contribution is -0.128. The molecule has 0 aliphatic heterocycles. The molecule has 1 aromatic carbocycles. The van der Waals surface area contributed by atoms with Crippen LogP contribution in [-0.2, 0) is 4.79 Å². The fraction of sp³-hybridized carbons (Fsp3) is 0.467. The van der Waals surface area contributed by atoms with Crippen molar-refractivity contribution in [2.24, 2.45) is 0 Å². The molecule has 1 N–H and O–H groups in total. The molecule has 20 heavy (non-hydrogen) atoms. The molecule has 1 atom stereocenters. The Hall–Kier alpha value is -1.55. The summed E-state index contributed by atoms with van der Waals surface area (Å²) < 4.78 is 5.53. The number of rotatable bonds is 4. The zero-order chi connectivity index (χ0) is 15.5. The van der Waals surface area contributed by atoms with Gasteiger partial charge in [0.2, 0.25) is 0 Å². The molecule has 0 bridgehead atoms. The summed E-state index contributed by atoms with van der Waals surface area (Å²) in [4.78, 5) is 23.1. The zero-order valence-electron chi connectivity index (χ0n) is 12.4. The number of halogens is 1. The molecule has 0 aliphatic carbocycles. The standard InChI is InChI=1S/C15H20ClNO3/c1-9(18)11-6-7-13(12(16)8-11)20-10(2)14(19)17-15(3,4)5/h6-8,10H,1-5H3,(H,17,19). The number of Topliss-reactive ketones (excluding diaryl/α,β-unsaturated/α-hetero) is 1. The zero-order valence-corrected chi connectivity index (χ0v) is 13.2. The summed E-state index contributed by atoms with van der Waals surface area (Å²) >= 11 is 6.05. The Bertz CT molecular complexity index is 520. The minimum atomic E-state index is -0.671. The van der Waals surface area contributed by atoms with Gasteiger partial charge in [0.1, 0.15) is 5.75 Å². The molecule has 1 amide bonds. The van der Waals surface area contributed by atoms with E-state index >= 15 is 0 Å². The van der Waals surface area contributed by atoms with Crippen molar-refractivity contribution in [3.05, 3.63) is 28.8 Å². The first kappa shape index (κ1) is 16.5. The molecular weight excluding hydrogens is 278 g/mol. The third-order valence-electron chi connectivity index (χ3n) is 2.51. The maximum atomic E-state index is 11.9. The van der Waals surface area contributed by atoms with Crippen molar-refractivity contribution in [1.82, 2.24) is 5.32 Å². The summed E-state index contributed by atoms with van der Waals surface area (Å²) in [5.74, 6) is 0.0920. The number of hydrogen-bond acceptors (Lipinski definition) is 3. The lowest BCUT2D eigenvalue weighted by Crippen LogP contribution is -2.46. The highest BCUT2D eigenvalue weighted by Gasteiger charge is 2.21. The topological polar surface area (TPSA) is 55.4 Å². The van der Waals surface area contributed by atoms with Crippen LogP contribution in [0, 0.1) is 0 Å². The summed E-state index contributed by atoms with van der Waals surface area (Å²) in [6, 6.07) is 4.76. The molecule has 5 heteroatoms. The number of nitrogens with one attached hydrogen (secondary N) is 1. The second kappa shape index (κ2) is 6.27. The lowest BCUT2D eigenvalue weighted by atomic mass is 10.1. The number of amides is 1. The third-order valence-corrected chi connectivity index (χ3v) is 2.80. The van der Waals surface area contributed by atoms with E-state index in [1.165, 1.54) is 13.0 Å². The summed E-state index contributed by atoms with van der Waals surface area (Å²) in [5.41, 5.74) is 0.186. The minimum Gasteiger partial charge on any atom is -0.479 e. The van der Waals surface area contributed by atoms with Gasteiger partial charge in [-0.15, -0.1) is 0 Å². The molecule has 4 nitrogen and oxygen atoms in total. The van der Waals surface area contributed by atoms with Crippen molar-refractivity contribution in [2.75, 3.05) is 0 Å². The van der Waals surface area contributed by atoms with Crippen LogP contribution in [0.5, 0.6) is 5.75 Å². The molecule has 0 heterocycles. The first-order valence-corrected chi connectivity index (χ1v) is 6.77. The highest BCUT2D eigenvalue weighted by Crippen LogP contribution is 2.26. The van der Waals surface area contributed by atoms with Crippen LogP contribution in [0.4, 0.5) is 0 Å². The first-order chi connectivity index (χ1) is 9.10. The van der Waals surface area contributed by atoms with Crippen molar-refractivity contribution in [1.29, 1.82) is 0 Å². The molecule has 0 saturated carbocycles. The largest absolute Gasteiger partial charge is 0.479 e. The smallest absolute Gasteiger partial charge is 0.261 e. The average Bonchev–Trinajstić information content (AvgIpc) is 2.29. The van der Waals surface area contributed by atoms with Crippen LogP contribution >= 0.6 is 11.6 Å². The van der Waals surface area contributed by atoms with Crippen molar-refractivity contribution < 1.29 is 14.3 Å². The van der Waals surface area contributed by atoms with Gasteiger partial charge in [-0.1, -0.05) is 11.6 Å². The van der Waals surface area contributed by atoms with E-state index in [0.717, 1.165) is 0 Å². The summed E-state index contributed by atoms with van der Waals surface area (Å²) in [7, 11) is 0. The Balaban J connectivity index is 2.78. The molecule has 1 rings (SSSR count). The predicted octanol–water partition coefficient (Wildman–Crippen LogP) is 3.22. The second-order valence-electron chi connectivity index (χ2n) is 5.70. The van der Waals surface area contributed by atoms with Crippen LogP contribution in [-0.4, -0.2) is 23.3 Å². The number of ether oxygens (including phenoxy) is 1. The molecule has 1 aromatic rings. The van der Waals surface area contributed by atoms with Crippen LogP contribution in [0.25, 0.3) is 0 Å². The van der Waals surface area contributed by atoms with Gasteiger partial charge in [-0.05, 0) is 52.8 Å². The molecule has 0 saturated heterocycles. The number of benzene rings is 1. The van der Waals surface area contributed by atoms with Crippen LogP contribution < -0.4 is 10.1 Å².